The maximum atomic E-state index is 13.2. The SMILES string of the molecule is C=C(c1ccc(C(F)(F)F)cc1OCC)N(C)C(/C=C/C)C(C)c1ccc(P)cc1. The lowest BCUT2D eigenvalue weighted by Gasteiger charge is -2.34. The predicted molar refractivity (Wildman–Crippen MR) is 122 cm³/mol. The summed E-state index contributed by atoms with van der Waals surface area (Å²) in [5, 5.41) is 1.11. The molecule has 2 nitrogen and oxygen atoms in total. The number of allylic oxidation sites excluding steroid dienone is 1. The van der Waals surface area contributed by atoms with Gasteiger partial charge >= 0.3 is 6.18 Å². The van der Waals surface area contributed by atoms with Crippen molar-refractivity contribution in [1.82, 2.24) is 4.90 Å². The maximum Gasteiger partial charge on any atom is 0.416 e. The molecule has 0 spiro atoms. The Kier molecular flexibility index (Phi) is 8.14. The Morgan fingerprint density at radius 2 is 1.83 bits per heavy atom. The van der Waals surface area contributed by atoms with Crippen LogP contribution in [0.4, 0.5) is 13.2 Å². The molecule has 0 saturated heterocycles. The van der Waals surface area contributed by atoms with Gasteiger partial charge in [-0.1, -0.05) is 49.9 Å². The number of nitrogens with zero attached hydrogens (tertiary/aromatic N) is 1. The first-order chi connectivity index (χ1) is 14.1. The number of benzene rings is 2. The van der Waals surface area contributed by atoms with E-state index in [1.54, 1.807) is 6.92 Å². The Balaban J connectivity index is 2.40. The minimum atomic E-state index is -4.43. The lowest BCUT2D eigenvalue weighted by molar-refractivity contribution is -0.137. The molecule has 0 aliphatic carbocycles. The highest BCUT2D eigenvalue weighted by Gasteiger charge is 2.32. The molecule has 0 heterocycles. The quantitative estimate of drug-likeness (QED) is 0.359. The van der Waals surface area contributed by atoms with Gasteiger partial charge in [0.2, 0.25) is 0 Å². The molecule has 2 aromatic rings. The van der Waals surface area contributed by atoms with Crippen LogP contribution in [0.3, 0.4) is 0 Å². The third kappa shape index (κ3) is 5.66. The van der Waals surface area contributed by atoms with Crippen molar-refractivity contribution in [2.45, 2.75) is 38.9 Å². The van der Waals surface area contributed by atoms with Crippen molar-refractivity contribution < 1.29 is 17.9 Å². The summed E-state index contributed by atoms with van der Waals surface area (Å²) >= 11 is 0. The van der Waals surface area contributed by atoms with Crippen LogP contribution in [0.15, 0.2) is 61.2 Å². The van der Waals surface area contributed by atoms with Gasteiger partial charge in [-0.3, -0.25) is 0 Å². The van der Waals surface area contributed by atoms with Gasteiger partial charge in [0.15, 0.2) is 0 Å². The fourth-order valence-corrected chi connectivity index (χ4v) is 3.60. The normalized spacial score (nSPS) is 13.9. The standard InChI is InChI=1S/C24H29F3NOP/c1-6-8-22(16(3)18-9-12-20(30)13-10-18)28(5)17(4)21-14-11-19(24(25,26)27)15-23(21)29-7-2/h6,8-16,22H,4,7,30H2,1-3,5H3/b8-6+. The van der Waals surface area contributed by atoms with E-state index in [0.29, 0.717) is 11.3 Å². The zero-order valence-electron chi connectivity index (χ0n) is 17.8. The van der Waals surface area contributed by atoms with Gasteiger partial charge in [-0.15, -0.1) is 9.24 Å². The van der Waals surface area contributed by atoms with Crippen molar-refractivity contribution in [3.05, 3.63) is 77.9 Å². The Bertz CT molecular complexity index is 890. The molecule has 3 atom stereocenters. The Hall–Kier alpha value is -2.26. The van der Waals surface area contributed by atoms with Crippen LogP contribution >= 0.6 is 9.24 Å². The van der Waals surface area contributed by atoms with E-state index >= 15 is 0 Å². The number of alkyl halides is 3. The van der Waals surface area contributed by atoms with Gasteiger partial charge in [-0.25, -0.2) is 0 Å². The van der Waals surface area contributed by atoms with Crippen LogP contribution in [0.25, 0.3) is 5.70 Å². The van der Waals surface area contributed by atoms with Crippen molar-refractivity contribution in [3.63, 3.8) is 0 Å². The summed E-state index contributed by atoms with van der Waals surface area (Å²) < 4.78 is 45.0. The van der Waals surface area contributed by atoms with Gasteiger partial charge in [0.1, 0.15) is 5.75 Å². The van der Waals surface area contributed by atoms with E-state index in [1.807, 2.05) is 37.1 Å². The molecule has 0 bridgehead atoms. The second-order valence-electron chi connectivity index (χ2n) is 7.17. The van der Waals surface area contributed by atoms with E-state index in [9.17, 15) is 13.2 Å². The van der Waals surface area contributed by atoms with Crippen LogP contribution in [0.1, 0.15) is 43.4 Å². The van der Waals surface area contributed by atoms with Crippen molar-refractivity contribution >= 4 is 20.2 Å². The largest absolute Gasteiger partial charge is 0.493 e. The highest BCUT2D eigenvalue weighted by Crippen LogP contribution is 2.37. The molecule has 0 aliphatic heterocycles. The zero-order chi connectivity index (χ0) is 22.5. The number of hydrogen-bond donors (Lipinski definition) is 0. The summed E-state index contributed by atoms with van der Waals surface area (Å²) in [6.07, 6.45) is -0.372. The molecule has 2 rings (SSSR count). The van der Waals surface area contributed by atoms with Crippen LogP contribution in [-0.4, -0.2) is 24.6 Å². The maximum absolute atomic E-state index is 13.2. The summed E-state index contributed by atoms with van der Waals surface area (Å²) in [4.78, 5) is 1.99. The van der Waals surface area contributed by atoms with Crippen LogP contribution in [0.5, 0.6) is 5.75 Å². The number of ether oxygens (including phenoxy) is 1. The van der Waals surface area contributed by atoms with E-state index in [-0.39, 0.29) is 24.3 Å². The molecule has 6 heteroatoms. The number of halogens is 3. The molecule has 0 amide bonds. The summed E-state index contributed by atoms with van der Waals surface area (Å²) in [6.45, 7) is 10.3. The Labute approximate surface area is 179 Å². The van der Waals surface area contributed by atoms with Crippen LogP contribution in [0, 0.1) is 0 Å². The third-order valence-electron chi connectivity index (χ3n) is 5.16. The summed E-state index contributed by atoms with van der Waals surface area (Å²) in [6, 6.07) is 11.8. The lowest BCUT2D eigenvalue weighted by Crippen LogP contribution is -2.33. The molecule has 3 unspecified atom stereocenters. The molecule has 0 N–H and O–H groups in total. The number of likely N-dealkylation sites (N-methyl/N-ethyl adjacent to an activating group) is 1. The summed E-state index contributed by atoms with van der Waals surface area (Å²) in [5.41, 5.74) is 1.58. The van der Waals surface area contributed by atoms with Gasteiger partial charge in [-0.05, 0) is 42.9 Å². The molecule has 0 aromatic heterocycles. The highest BCUT2D eigenvalue weighted by molar-refractivity contribution is 7.27. The van der Waals surface area contributed by atoms with Crippen LogP contribution < -0.4 is 10.0 Å². The Morgan fingerprint density at radius 1 is 1.20 bits per heavy atom. The van der Waals surface area contributed by atoms with Crippen LogP contribution in [0.2, 0.25) is 0 Å². The second kappa shape index (κ2) is 10.2. The molecule has 0 fully saturated rings. The smallest absolute Gasteiger partial charge is 0.416 e. The van der Waals surface area contributed by atoms with Crippen molar-refractivity contribution in [2.24, 2.45) is 0 Å². The monoisotopic (exact) mass is 435 g/mol. The van der Waals surface area contributed by atoms with Gasteiger partial charge in [0.25, 0.3) is 0 Å². The first-order valence-electron chi connectivity index (χ1n) is 9.84. The van der Waals surface area contributed by atoms with Crippen molar-refractivity contribution in [2.75, 3.05) is 13.7 Å². The molecule has 0 aliphatic rings. The molecular formula is C24H29F3NOP. The van der Waals surface area contributed by atoms with Gasteiger partial charge < -0.3 is 9.64 Å². The van der Waals surface area contributed by atoms with Gasteiger partial charge in [-0.2, -0.15) is 13.2 Å². The molecule has 162 valence electrons. The average molecular weight is 435 g/mol. The topological polar surface area (TPSA) is 12.5 Å². The van der Waals surface area contributed by atoms with E-state index in [1.165, 1.54) is 11.6 Å². The third-order valence-corrected chi connectivity index (χ3v) is 5.54. The number of hydrogen-bond acceptors (Lipinski definition) is 2. The van der Waals surface area contributed by atoms with E-state index in [0.717, 1.165) is 17.4 Å². The van der Waals surface area contributed by atoms with Crippen molar-refractivity contribution in [3.8, 4) is 5.75 Å². The van der Waals surface area contributed by atoms with Crippen molar-refractivity contribution in [1.29, 1.82) is 0 Å². The van der Waals surface area contributed by atoms with E-state index in [2.05, 4.69) is 41.0 Å². The zero-order valence-corrected chi connectivity index (χ0v) is 19.0. The van der Waals surface area contributed by atoms with E-state index in [4.69, 9.17) is 4.74 Å². The minimum absolute atomic E-state index is 0.0328. The van der Waals surface area contributed by atoms with Crippen LogP contribution in [-0.2, 0) is 6.18 Å². The first kappa shape index (κ1) is 24.0. The van der Waals surface area contributed by atoms with Gasteiger partial charge in [0.05, 0.1) is 18.2 Å². The minimum Gasteiger partial charge on any atom is -0.493 e. The predicted octanol–water partition coefficient (Wildman–Crippen LogP) is 6.26. The molecular weight excluding hydrogens is 406 g/mol. The fourth-order valence-electron chi connectivity index (χ4n) is 3.41. The van der Waals surface area contributed by atoms with Gasteiger partial charge in [0, 0.05) is 24.2 Å². The Morgan fingerprint density at radius 3 is 2.37 bits per heavy atom. The molecule has 0 radical (unpaired) electrons. The summed E-state index contributed by atoms with van der Waals surface area (Å²) in [5.74, 6) is 0.321. The summed E-state index contributed by atoms with van der Waals surface area (Å²) in [7, 11) is 4.58. The molecule has 0 saturated carbocycles. The second-order valence-corrected chi connectivity index (χ2v) is 7.84. The van der Waals surface area contributed by atoms with E-state index < -0.39 is 11.7 Å². The highest BCUT2D eigenvalue weighted by atomic mass is 31.0. The average Bonchev–Trinajstić information content (AvgIpc) is 2.70. The molecule has 2 aromatic carbocycles. The first-order valence-corrected chi connectivity index (χ1v) is 10.4. The fraction of sp³-hybridized carbons (Fsp3) is 0.333. The number of rotatable bonds is 8. The lowest BCUT2D eigenvalue weighted by atomic mass is 9.91. The molecule has 30 heavy (non-hydrogen) atoms.